The highest BCUT2D eigenvalue weighted by molar-refractivity contribution is 7.09. The number of hydrogen-bond acceptors (Lipinski definition) is 3. The number of rotatable bonds is 8. The molecule has 2 rings (SSSR count). The van der Waals surface area contributed by atoms with Crippen LogP contribution in [0.15, 0.2) is 17.5 Å². The molecule has 3 heteroatoms. The Labute approximate surface area is 115 Å². The van der Waals surface area contributed by atoms with E-state index >= 15 is 0 Å². The Balaban J connectivity index is 1.78. The highest BCUT2D eigenvalue weighted by atomic mass is 32.1. The molecule has 0 spiro atoms. The molecule has 1 aliphatic rings. The highest BCUT2D eigenvalue weighted by Crippen LogP contribution is 2.41. The summed E-state index contributed by atoms with van der Waals surface area (Å²) < 4.78 is 5.10. The van der Waals surface area contributed by atoms with E-state index in [9.17, 15) is 0 Å². The minimum atomic E-state index is 0.553. The third-order valence-corrected chi connectivity index (χ3v) is 5.07. The molecule has 1 heterocycles. The molecule has 1 fully saturated rings. The lowest BCUT2D eigenvalue weighted by Crippen LogP contribution is -2.34. The number of hydrogen-bond donors (Lipinski definition) is 1. The zero-order chi connectivity index (χ0) is 12.7. The molecule has 2 nitrogen and oxygen atoms in total. The molecule has 0 aromatic carbocycles. The van der Waals surface area contributed by atoms with Gasteiger partial charge in [-0.2, -0.15) is 0 Å². The van der Waals surface area contributed by atoms with Gasteiger partial charge in [0.05, 0.1) is 6.61 Å². The lowest BCUT2D eigenvalue weighted by molar-refractivity contribution is 0.187. The maximum atomic E-state index is 5.10. The summed E-state index contributed by atoms with van der Waals surface area (Å²) >= 11 is 1.90. The maximum absolute atomic E-state index is 5.10. The van der Waals surface area contributed by atoms with Gasteiger partial charge in [-0.05, 0) is 42.5 Å². The van der Waals surface area contributed by atoms with Gasteiger partial charge < -0.3 is 10.1 Å². The Morgan fingerprint density at radius 1 is 1.39 bits per heavy atom. The van der Waals surface area contributed by atoms with Crippen molar-refractivity contribution >= 4 is 11.3 Å². The second-order valence-electron chi connectivity index (χ2n) is 5.46. The van der Waals surface area contributed by atoms with Crippen LogP contribution in [0.3, 0.4) is 0 Å². The van der Waals surface area contributed by atoms with Crippen molar-refractivity contribution in [2.24, 2.45) is 5.41 Å². The average Bonchev–Trinajstić information content (AvgIpc) is 3.04. The molecule has 0 atom stereocenters. The van der Waals surface area contributed by atoms with Crippen LogP contribution < -0.4 is 5.32 Å². The molecule has 18 heavy (non-hydrogen) atoms. The highest BCUT2D eigenvalue weighted by Gasteiger charge is 2.32. The topological polar surface area (TPSA) is 21.3 Å². The summed E-state index contributed by atoms with van der Waals surface area (Å²) in [5.74, 6) is 0. The maximum Gasteiger partial charge on any atom is 0.0587 e. The van der Waals surface area contributed by atoms with Crippen LogP contribution in [0.2, 0.25) is 0 Å². The average molecular weight is 267 g/mol. The Bertz CT molecular complexity index is 317. The second-order valence-corrected chi connectivity index (χ2v) is 6.49. The summed E-state index contributed by atoms with van der Waals surface area (Å²) in [6.45, 7) is 2.97. The molecule has 1 aromatic rings. The van der Waals surface area contributed by atoms with Crippen LogP contribution in [0, 0.1) is 5.41 Å². The molecule has 0 amide bonds. The fraction of sp³-hybridized carbons (Fsp3) is 0.733. The predicted octanol–water partition coefficient (Wildman–Crippen LogP) is 3.48. The van der Waals surface area contributed by atoms with Crippen LogP contribution in [-0.2, 0) is 11.2 Å². The van der Waals surface area contributed by atoms with Crippen LogP contribution in [-0.4, -0.2) is 26.8 Å². The first-order chi connectivity index (χ1) is 8.85. The van der Waals surface area contributed by atoms with Crippen LogP contribution in [0.4, 0.5) is 0 Å². The quantitative estimate of drug-likeness (QED) is 0.728. The van der Waals surface area contributed by atoms with Crippen molar-refractivity contribution in [3.8, 4) is 0 Å². The van der Waals surface area contributed by atoms with E-state index in [2.05, 4.69) is 22.8 Å². The van der Waals surface area contributed by atoms with Crippen molar-refractivity contribution in [2.75, 3.05) is 26.8 Å². The molecule has 102 valence electrons. The summed E-state index contributed by atoms with van der Waals surface area (Å²) in [7, 11) is 1.77. The van der Waals surface area contributed by atoms with Gasteiger partial charge in [-0.1, -0.05) is 18.9 Å². The van der Waals surface area contributed by atoms with Crippen molar-refractivity contribution in [1.29, 1.82) is 0 Å². The number of nitrogens with one attached hydrogen (secondary N) is 1. The van der Waals surface area contributed by atoms with Gasteiger partial charge >= 0.3 is 0 Å². The standard InChI is InChI=1S/C15H25NOS/c1-17-11-10-16-13-15(7-2-3-8-15)9-6-14-5-4-12-18-14/h4-5,12,16H,2-3,6-11,13H2,1H3. The Kier molecular flexibility index (Phi) is 5.67. The molecule has 1 saturated carbocycles. The van der Waals surface area contributed by atoms with Crippen LogP contribution >= 0.6 is 11.3 Å². The van der Waals surface area contributed by atoms with Gasteiger partial charge in [0.2, 0.25) is 0 Å². The SMILES string of the molecule is COCCNCC1(CCc2cccs2)CCCC1. The number of ether oxygens (including phenoxy) is 1. The minimum Gasteiger partial charge on any atom is -0.383 e. The van der Waals surface area contributed by atoms with Crippen LogP contribution in [0.25, 0.3) is 0 Å². The van der Waals surface area contributed by atoms with Gasteiger partial charge in [0.1, 0.15) is 0 Å². The molecular weight excluding hydrogens is 242 g/mol. The first-order valence-corrected chi connectivity index (χ1v) is 7.95. The molecular formula is C15H25NOS. The van der Waals surface area contributed by atoms with Crippen molar-refractivity contribution < 1.29 is 4.74 Å². The lowest BCUT2D eigenvalue weighted by Gasteiger charge is -2.29. The van der Waals surface area contributed by atoms with E-state index in [1.807, 2.05) is 11.3 Å². The zero-order valence-corrected chi connectivity index (χ0v) is 12.2. The monoisotopic (exact) mass is 267 g/mol. The molecule has 1 aromatic heterocycles. The van der Waals surface area contributed by atoms with E-state index in [1.54, 1.807) is 7.11 Å². The number of aryl methyl sites for hydroxylation is 1. The Morgan fingerprint density at radius 3 is 2.89 bits per heavy atom. The van der Waals surface area contributed by atoms with Gasteiger partial charge in [0.15, 0.2) is 0 Å². The van der Waals surface area contributed by atoms with E-state index in [4.69, 9.17) is 4.74 Å². The fourth-order valence-corrected chi connectivity index (χ4v) is 3.72. The van der Waals surface area contributed by atoms with E-state index in [0.717, 1.165) is 13.2 Å². The largest absolute Gasteiger partial charge is 0.383 e. The van der Waals surface area contributed by atoms with Crippen molar-refractivity contribution in [3.05, 3.63) is 22.4 Å². The Hall–Kier alpha value is -0.380. The first kappa shape index (κ1) is 14.0. The third-order valence-electron chi connectivity index (χ3n) is 4.13. The summed E-state index contributed by atoms with van der Waals surface area (Å²) in [6.07, 6.45) is 8.22. The second kappa shape index (κ2) is 7.27. The van der Waals surface area contributed by atoms with Crippen molar-refractivity contribution in [2.45, 2.75) is 38.5 Å². The lowest BCUT2D eigenvalue weighted by atomic mass is 9.81. The first-order valence-electron chi connectivity index (χ1n) is 7.07. The van der Waals surface area contributed by atoms with Gasteiger partial charge in [-0.15, -0.1) is 11.3 Å². The third kappa shape index (κ3) is 4.08. The molecule has 0 radical (unpaired) electrons. The summed E-state index contributed by atoms with van der Waals surface area (Å²) in [4.78, 5) is 1.54. The fourth-order valence-electron chi connectivity index (χ4n) is 3.01. The molecule has 0 unspecified atom stereocenters. The van der Waals surface area contributed by atoms with E-state index < -0.39 is 0 Å². The van der Waals surface area contributed by atoms with Crippen molar-refractivity contribution in [3.63, 3.8) is 0 Å². The summed E-state index contributed by atoms with van der Waals surface area (Å²) in [5.41, 5.74) is 0.553. The number of thiophene rings is 1. The van der Waals surface area contributed by atoms with Gasteiger partial charge in [-0.25, -0.2) is 0 Å². The summed E-state index contributed by atoms with van der Waals surface area (Å²) in [5, 5.41) is 5.77. The molecule has 0 aliphatic heterocycles. The van der Waals surface area contributed by atoms with Crippen LogP contribution in [0.1, 0.15) is 37.0 Å². The minimum absolute atomic E-state index is 0.553. The van der Waals surface area contributed by atoms with E-state index in [1.165, 1.54) is 49.9 Å². The van der Waals surface area contributed by atoms with Gasteiger partial charge in [0, 0.05) is 25.1 Å². The normalized spacial score (nSPS) is 18.3. The smallest absolute Gasteiger partial charge is 0.0587 e. The number of methoxy groups -OCH3 is 1. The van der Waals surface area contributed by atoms with E-state index in [-0.39, 0.29) is 0 Å². The molecule has 1 N–H and O–H groups in total. The van der Waals surface area contributed by atoms with Crippen LogP contribution in [0.5, 0.6) is 0 Å². The predicted molar refractivity (Wildman–Crippen MR) is 78.3 cm³/mol. The molecule has 0 saturated heterocycles. The van der Waals surface area contributed by atoms with Gasteiger partial charge in [-0.3, -0.25) is 0 Å². The summed E-state index contributed by atoms with van der Waals surface area (Å²) in [6, 6.07) is 4.43. The zero-order valence-electron chi connectivity index (χ0n) is 11.4. The molecule has 1 aliphatic carbocycles. The Morgan fingerprint density at radius 2 is 2.22 bits per heavy atom. The van der Waals surface area contributed by atoms with Gasteiger partial charge in [0.25, 0.3) is 0 Å². The van der Waals surface area contributed by atoms with Crippen molar-refractivity contribution in [1.82, 2.24) is 5.32 Å². The molecule has 0 bridgehead atoms. The van der Waals surface area contributed by atoms with E-state index in [0.29, 0.717) is 5.41 Å².